The Morgan fingerprint density at radius 2 is 2.21 bits per heavy atom. The van der Waals surface area contributed by atoms with Gasteiger partial charge in [-0.1, -0.05) is 0 Å². The minimum Gasteiger partial charge on any atom is -0.382 e. The fraction of sp³-hybridized carbons (Fsp3) is 0.692. The minimum atomic E-state index is 0.0784. The average Bonchev–Trinajstić information content (AvgIpc) is 2.77. The summed E-state index contributed by atoms with van der Waals surface area (Å²) in [4.78, 5) is 13.4. The van der Waals surface area contributed by atoms with Gasteiger partial charge >= 0.3 is 0 Å². The first-order valence-electron chi connectivity index (χ1n) is 6.92. The van der Waals surface area contributed by atoms with Crippen molar-refractivity contribution in [2.75, 3.05) is 25.4 Å². The largest absolute Gasteiger partial charge is 0.382 e. The van der Waals surface area contributed by atoms with Crippen LogP contribution in [0.4, 0.5) is 5.82 Å². The molecule has 0 saturated carbocycles. The maximum Gasteiger partial charge on any atom is 0.217 e. The van der Waals surface area contributed by atoms with Crippen LogP contribution in [0, 0.1) is 0 Å². The normalized spacial score (nSPS) is 17.5. The molecular formula is C13H23N5O. The number of aryl methyl sites for hydroxylation is 1. The van der Waals surface area contributed by atoms with Gasteiger partial charge in [-0.05, 0) is 31.9 Å². The van der Waals surface area contributed by atoms with Gasteiger partial charge in [-0.25, -0.2) is 0 Å². The molecule has 1 amide bonds. The molecule has 2 rings (SSSR count). The van der Waals surface area contributed by atoms with Gasteiger partial charge in [0.25, 0.3) is 0 Å². The molecule has 1 aliphatic rings. The van der Waals surface area contributed by atoms with Crippen LogP contribution in [-0.4, -0.2) is 46.3 Å². The number of nitrogens with two attached hydrogens (primary N) is 1. The molecule has 0 spiro atoms. The van der Waals surface area contributed by atoms with Gasteiger partial charge in [-0.3, -0.25) is 9.48 Å². The highest BCUT2D eigenvalue weighted by molar-refractivity contribution is 5.73. The number of nitrogens with one attached hydrogen (secondary N) is 1. The van der Waals surface area contributed by atoms with Crippen LogP contribution in [0.1, 0.15) is 26.2 Å². The van der Waals surface area contributed by atoms with Gasteiger partial charge in [0, 0.05) is 38.8 Å². The Bertz CT molecular complexity index is 409. The zero-order valence-electron chi connectivity index (χ0n) is 11.5. The van der Waals surface area contributed by atoms with Gasteiger partial charge in [0.15, 0.2) is 0 Å². The summed E-state index contributed by atoms with van der Waals surface area (Å²) in [5, 5.41) is 7.16. The third kappa shape index (κ3) is 4.55. The SMILES string of the molecule is CC(=O)NC1CCN(CCCn2ccc(N)n2)CC1. The molecular weight excluding hydrogens is 242 g/mol. The number of rotatable bonds is 5. The Hall–Kier alpha value is -1.56. The Morgan fingerprint density at radius 1 is 1.47 bits per heavy atom. The molecule has 0 atom stereocenters. The van der Waals surface area contributed by atoms with Gasteiger partial charge in [0.2, 0.25) is 5.91 Å². The number of likely N-dealkylation sites (tertiary alicyclic amines) is 1. The average molecular weight is 265 g/mol. The van der Waals surface area contributed by atoms with E-state index in [9.17, 15) is 4.79 Å². The van der Waals surface area contributed by atoms with Crippen LogP contribution in [0.25, 0.3) is 0 Å². The molecule has 0 bridgehead atoms. The molecule has 1 aromatic rings. The summed E-state index contributed by atoms with van der Waals surface area (Å²) >= 11 is 0. The lowest BCUT2D eigenvalue weighted by atomic mass is 10.0. The first-order chi connectivity index (χ1) is 9.13. The van der Waals surface area contributed by atoms with E-state index in [-0.39, 0.29) is 5.91 Å². The Labute approximate surface area is 113 Å². The van der Waals surface area contributed by atoms with Gasteiger partial charge in [0.1, 0.15) is 5.82 Å². The number of hydrogen-bond acceptors (Lipinski definition) is 4. The summed E-state index contributed by atoms with van der Waals surface area (Å²) in [6.07, 6.45) is 5.09. The van der Waals surface area contributed by atoms with Crippen molar-refractivity contribution in [2.45, 2.75) is 38.8 Å². The second-order valence-electron chi connectivity index (χ2n) is 5.17. The van der Waals surface area contributed by atoms with Crippen molar-refractivity contribution in [3.05, 3.63) is 12.3 Å². The molecule has 3 N–H and O–H groups in total. The predicted octanol–water partition coefficient (Wildman–Crippen LogP) is 0.456. The Morgan fingerprint density at radius 3 is 2.79 bits per heavy atom. The molecule has 0 radical (unpaired) electrons. The van der Waals surface area contributed by atoms with Crippen LogP contribution in [0.15, 0.2) is 12.3 Å². The van der Waals surface area contributed by atoms with Crippen molar-refractivity contribution in [1.82, 2.24) is 20.0 Å². The van der Waals surface area contributed by atoms with Crippen molar-refractivity contribution in [2.24, 2.45) is 0 Å². The van der Waals surface area contributed by atoms with Crippen LogP contribution < -0.4 is 11.1 Å². The van der Waals surface area contributed by atoms with Crippen molar-refractivity contribution >= 4 is 11.7 Å². The first-order valence-corrected chi connectivity index (χ1v) is 6.92. The van der Waals surface area contributed by atoms with Crippen LogP contribution in [0.5, 0.6) is 0 Å². The molecule has 6 nitrogen and oxygen atoms in total. The monoisotopic (exact) mass is 265 g/mol. The third-order valence-corrected chi connectivity index (χ3v) is 3.52. The number of anilines is 1. The first kappa shape index (κ1) is 13.9. The highest BCUT2D eigenvalue weighted by Crippen LogP contribution is 2.10. The number of nitrogen functional groups attached to an aromatic ring is 1. The molecule has 1 aliphatic heterocycles. The van der Waals surface area contributed by atoms with Gasteiger partial charge in [0.05, 0.1) is 0 Å². The fourth-order valence-corrected chi connectivity index (χ4v) is 2.55. The van der Waals surface area contributed by atoms with E-state index in [1.165, 1.54) is 0 Å². The number of aromatic nitrogens is 2. The summed E-state index contributed by atoms with van der Waals surface area (Å²) < 4.78 is 1.89. The molecule has 0 aromatic carbocycles. The number of piperidine rings is 1. The highest BCUT2D eigenvalue weighted by Gasteiger charge is 2.18. The highest BCUT2D eigenvalue weighted by atomic mass is 16.1. The van der Waals surface area contributed by atoms with E-state index < -0.39 is 0 Å². The Balaban J connectivity index is 1.62. The topological polar surface area (TPSA) is 76.2 Å². The standard InChI is InChI=1S/C13H23N5O/c1-11(19)15-12-3-8-17(9-4-12)6-2-7-18-10-5-13(14)16-18/h5,10,12H,2-4,6-9H2,1H3,(H2,14,16)(H,15,19). The van der Waals surface area contributed by atoms with Crippen LogP contribution in [-0.2, 0) is 11.3 Å². The summed E-state index contributed by atoms with van der Waals surface area (Å²) in [5.74, 6) is 0.658. The van der Waals surface area contributed by atoms with Crippen molar-refractivity contribution in [3.8, 4) is 0 Å². The quantitative estimate of drug-likeness (QED) is 0.811. The fourth-order valence-electron chi connectivity index (χ4n) is 2.55. The van der Waals surface area contributed by atoms with E-state index in [0.29, 0.717) is 11.9 Å². The Kier molecular flexibility index (Phi) is 4.79. The third-order valence-electron chi connectivity index (χ3n) is 3.52. The molecule has 0 aliphatic carbocycles. The van der Waals surface area contributed by atoms with Gasteiger partial charge < -0.3 is 16.0 Å². The van der Waals surface area contributed by atoms with E-state index in [4.69, 9.17) is 5.73 Å². The lowest BCUT2D eigenvalue weighted by Crippen LogP contribution is -2.44. The van der Waals surface area contributed by atoms with Crippen molar-refractivity contribution < 1.29 is 4.79 Å². The van der Waals surface area contributed by atoms with Crippen molar-refractivity contribution in [3.63, 3.8) is 0 Å². The predicted molar refractivity (Wildman–Crippen MR) is 74.5 cm³/mol. The lowest BCUT2D eigenvalue weighted by molar-refractivity contribution is -0.119. The minimum absolute atomic E-state index is 0.0784. The zero-order valence-corrected chi connectivity index (χ0v) is 11.5. The zero-order chi connectivity index (χ0) is 13.7. The van der Waals surface area contributed by atoms with Crippen LogP contribution in [0.2, 0.25) is 0 Å². The molecule has 6 heteroatoms. The second-order valence-corrected chi connectivity index (χ2v) is 5.17. The van der Waals surface area contributed by atoms with Crippen LogP contribution in [0.3, 0.4) is 0 Å². The summed E-state index contributed by atoms with van der Waals surface area (Å²) in [6.45, 7) is 5.69. The number of carbonyl (C=O) groups excluding carboxylic acids is 1. The van der Waals surface area contributed by atoms with E-state index in [1.54, 1.807) is 6.92 Å². The number of amides is 1. The van der Waals surface area contributed by atoms with E-state index >= 15 is 0 Å². The summed E-state index contributed by atoms with van der Waals surface area (Å²) in [7, 11) is 0. The molecule has 1 saturated heterocycles. The van der Waals surface area contributed by atoms with Gasteiger partial charge in [-0.15, -0.1) is 0 Å². The van der Waals surface area contributed by atoms with E-state index in [2.05, 4.69) is 15.3 Å². The number of nitrogens with zero attached hydrogens (tertiary/aromatic N) is 3. The summed E-state index contributed by atoms with van der Waals surface area (Å²) in [6, 6.07) is 2.18. The van der Waals surface area contributed by atoms with Crippen LogP contribution >= 0.6 is 0 Å². The second kappa shape index (κ2) is 6.56. The molecule has 1 fully saturated rings. The lowest BCUT2D eigenvalue weighted by Gasteiger charge is -2.32. The smallest absolute Gasteiger partial charge is 0.217 e. The maximum atomic E-state index is 11.0. The molecule has 2 heterocycles. The molecule has 19 heavy (non-hydrogen) atoms. The van der Waals surface area contributed by atoms with E-state index in [1.807, 2.05) is 16.9 Å². The maximum absolute atomic E-state index is 11.0. The number of carbonyl (C=O) groups is 1. The molecule has 0 unspecified atom stereocenters. The molecule has 106 valence electrons. The van der Waals surface area contributed by atoms with E-state index in [0.717, 1.165) is 45.4 Å². The molecule has 1 aromatic heterocycles. The number of hydrogen-bond donors (Lipinski definition) is 2. The summed E-state index contributed by atoms with van der Waals surface area (Å²) in [5.41, 5.74) is 5.57. The van der Waals surface area contributed by atoms with Gasteiger partial charge in [-0.2, -0.15) is 5.10 Å². The van der Waals surface area contributed by atoms with Crippen molar-refractivity contribution in [1.29, 1.82) is 0 Å².